The van der Waals surface area contributed by atoms with Crippen LogP contribution in [0, 0.1) is 10.1 Å². The van der Waals surface area contributed by atoms with Crippen LogP contribution < -0.4 is 4.74 Å². The Morgan fingerprint density at radius 3 is 2.29 bits per heavy atom. The number of carbonyl (C=O) groups is 1. The monoisotopic (exact) mass is 327 g/mol. The van der Waals surface area contributed by atoms with E-state index in [2.05, 4.69) is 0 Å². The smallest absolute Gasteiger partial charge is 0.269 e. The van der Waals surface area contributed by atoms with Gasteiger partial charge in [-0.1, -0.05) is 0 Å². The van der Waals surface area contributed by atoms with Gasteiger partial charge in [-0.15, -0.1) is 0 Å². The Morgan fingerprint density at radius 2 is 1.75 bits per heavy atom. The summed E-state index contributed by atoms with van der Waals surface area (Å²) in [6, 6.07) is 12.4. The van der Waals surface area contributed by atoms with E-state index in [1.165, 1.54) is 24.3 Å². The van der Waals surface area contributed by atoms with E-state index >= 15 is 0 Å². The molecular weight excluding hydrogens is 310 g/mol. The van der Waals surface area contributed by atoms with Gasteiger partial charge in [-0.05, 0) is 49.2 Å². The molecule has 0 radical (unpaired) electrons. The number of carbonyl (C=O) groups excluding carboxylic acids is 1. The Hall–Kier alpha value is -2.73. The van der Waals surface area contributed by atoms with Crippen LogP contribution in [-0.2, 0) is 4.74 Å². The normalized spacial score (nSPS) is 16.8. The zero-order valence-electron chi connectivity index (χ0n) is 13.0. The number of benzene rings is 2. The van der Waals surface area contributed by atoms with Gasteiger partial charge in [0.25, 0.3) is 5.69 Å². The number of non-ortho nitro benzene ring substituents is 1. The van der Waals surface area contributed by atoms with Gasteiger partial charge in [-0.25, -0.2) is 0 Å². The van der Waals surface area contributed by atoms with Crippen LogP contribution in [0.5, 0.6) is 5.75 Å². The fourth-order valence-corrected chi connectivity index (χ4v) is 2.57. The van der Waals surface area contributed by atoms with Crippen molar-refractivity contribution < 1.29 is 19.2 Å². The molecule has 1 atom stereocenters. The van der Waals surface area contributed by atoms with Crippen LogP contribution >= 0.6 is 0 Å². The van der Waals surface area contributed by atoms with Crippen LogP contribution in [-0.4, -0.2) is 30.0 Å². The second-order valence-electron chi connectivity index (χ2n) is 5.60. The van der Waals surface area contributed by atoms with E-state index in [9.17, 15) is 14.9 Å². The Kier molecular flexibility index (Phi) is 4.86. The molecule has 1 fully saturated rings. The third-order valence-electron chi connectivity index (χ3n) is 3.92. The highest BCUT2D eigenvalue weighted by molar-refractivity contribution is 6.09. The molecule has 0 amide bonds. The quantitative estimate of drug-likeness (QED) is 0.462. The number of nitrogens with zero attached hydrogens (tertiary/aromatic N) is 1. The van der Waals surface area contributed by atoms with Crippen molar-refractivity contribution in [1.82, 2.24) is 0 Å². The number of hydrogen-bond acceptors (Lipinski definition) is 5. The maximum absolute atomic E-state index is 12.4. The maximum Gasteiger partial charge on any atom is 0.269 e. The summed E-state index contributed by atoms with van der Waals surface area (Å²) in [5.74, 6) is 0.501. The predicted molar refractivity (Wildman–Crippen MR) is 87.4 cm³/mol. The molecule has 0 saturated carbocycles. The molecule has 24 heavy (non-hydrogen) atoms. The number of hydrogen-bond donors (Lipinski definition) is 0. The van der Waals surface area contributed by atoms with Gasteiger partial charge in [-0.3, -0.25) is 14.9 Å². The van der Waals surface area contributed by atoms with Gasteiger partial charge in [-0.2, -0.15) is 0 Å². The third-order valence-corrected chi connectivity index (χ3v) is 3.92. The minimum atomic E-state index is -0.492. The number of nitro groups is 1. The summed E-state index contributed by atoms with van der Waals surface area (Å²) >= 11 is 0. The topological polar surface area (TPSA) is 78.7 Å². The molecule has 1 saturated heterocycles. The molecule has 6 heteroatoms. The van der Waals surface area contributed by atoms with E-state index in [0.29, 0.717) is 23.5 Å². The highest BCUT2D eigenvalue weighted by Gasteiger charge is 2.16. The van der Waals surface area contributed by atoms with E-state index in [-0.39, 0.29) is 17.6 Å². The Balaban J connectivity index is 1.63. The second kappa shape index (κ2) is 7.23. The van der Waals surface area contributed by atoms with Gasteiger partial charge in [0.2, 0.25) is 0 Å². The summed E-state index contributed by atoms with van der Waals surface area (Å²) in [5, 5.41) is 10.6. The van der Waals surface area contributed by atoms with E-state index < -0.39 is 4.92 Å². The lowest BCUT2D eigenvalue weighted by atomic mass is 10.0. The van der Waals surface area contributed by atoms with Crippen LogP contribution in [0.1, 0.15) is 28.8 Å². The zero-order chi connectivity index (χ0) is 16.9. The molecule has 0 N–H and O–H groups in total. The summed E-state index contributed by atoms with van der Waals surface area (Å²) in [7, 11) is 0. The molecule has 0 spiro atoms. The van der Waals surface area contributed by atoms with Crippen molar-refractivity contribution in [2.45, 2.75) is 18.9 Å². The van der Waals surface area contributed by atoms with Gasteiger partial charge < -0.3 is 9.47 Å². The first-order chi connectivity index (χ1) is 11.6. The molecule has 0 bridgehead atoms. The fraction of sp³-hybridized carbons (Fsp3) is 0.278. The molecule has 3 rings (SSSR count). The summed E-state index contributed by atoms with van der Waals surface area (Å²) in [5.41, 5.74) is 0.881. The highest BCUT2D eigenvalue weighted by atomic mass is 16.6. The third kappa shape index (κ3) is 3.78. The number of nitro benzene ring substituents is 1. The summed E-state index contributed by atoms with van der Waals surface area (Å²) in [4.78, 5) is 22.5. The van der Waals surface area contributed by atoms with E-state index in [1.54, 1.807) is 24.3 Å². The molecule has 1 aliphatic heterocycles. The minimum absolute atomic E-state index is 0.0376. The van der Waals surface area contributed by atoms with Crippen molar-refractivity contribution in [2.24, 2.45) is 0 Å². The predicted octanol–water partition coefficient (Wildman–Crippen LogP) is 3.38. The molecular formula is C18H17NO5. The van der Waals surface area contributed by atoms with Gasteiger partial charge in [0.1, 0.15) is 12.4 Å². The van der Waals surface area contributed by atoms with Crippen LogP contribution in [0.15, 0.2) is 48.5 Å². The number of ketones is 1. The zero-order valence-corrected chi connectivity index (χ0v) is 13.0. The first-order valence-corrected chi connectivity index (χ1v) is 7.77. The summed E-state index contributed by atoms with van der Waals surface area (Å²) in [6.45, 7) is 1.30. The average molecular weight is 327 g/mol. The molecule has 1 aliphatic rings. The number of rotatable bonds is 6. The van der Waals surface area contributed by atoms with Gasteiger partial charge in [0.05, 0.1) is 11.0 Å². The van der Waals surface area contributed by atoms with Crippen molar-refractivity contribution in [2.75, 3.05) is 13.2 Å². The minimum Gasteiger partial charge on any atom is -0.491 e. The molecule has 1 heterocycles. The van der Waals surface area contributed by atoms with Crippen molar-refractivity contribution >= 4 is 11.5 Å². The maximum atomic E-state index is 12.4. The standard InChI is InChI=1S/C18H17NO5/c20-18(13-3-7-15(8-4-13)19(21)22)14-5-9-16(10-6-14)24-12-17-2-1-11-23-17/h3-10,17H,1-2,11-12H2. The molecule has 2 aromatic carbocycles. The van der Waals surface area contributed by atoms with Crippen molar-refractivity contribution in [1.29, 1.82) is 0 Å². The molecule has 1 unspecified atom stereocenters. The first kappa shape index (κ1) is 16.1. The molecule has 124 valence electrons. The average Bonchev–Trinajstić information content (AvgIpc) is 3.13. The number of ether oxygens (including phenoxy) is 2. The Morgan fingerprint density at radius 1 is 1.12 bits per heavy atom. The van der Waals surface area contributed by atoms with Crippen LogP contribution in [0.4, 0.5) is 5.69 Å². The van der Waals surface area contributed by atoms with E-state index in [1.807, 2.05) is 0 Å². The lowest BCUT2D eigenvalue weighted by molar-refractivity contribution is -0.384. The van der Waals surface area contributed by atoms with Crippen LogP contribution in [0.3, 0.4) is 0 Å². The Labute approximate surface area is 139 Å². The van der Waals surface area contributed by atoms with Gasteiger partial charge in [0, 0.05) is 29.9 Å². The SMILES string of the molecule is O=C(c1ccc(OCC2CCCO2)cc1)c1ccc([N+](=O)[O-])cc1. The highest BCUT2D eigenvalue weighted by Crippen LogP contribution is 2.19. The molecule has 2 aromatic rings. The lowest BCUT2D eigenvalue weighted by Gasteiger charge is -2.11. The van der Waals surface area contributed by atoms with E-state index in [0.717, 1.165) is 19.4 Å². The van der Waals surface area contributed by atoms with Crippen LogP contribution in [0.25, 0.3) is 0 Å². The molecule has 0 aliphatic carbocycles. The van der Waals surface area contributed by atoms with Crippen LogP contribution in [0.2, 0.25) is 0 Å². The molecule has 6 nitrogen and oxygen atoms in total. The fourth-order valence-electron chi connectivity index (χ4n) is 2.57. The first-order valence-electron chi connectivity index (χ1n) is 7.77. The van der Waals surface area contributed by atoms with Crippen molar-refractivity contribution in [3.05, 3.63) is 69.8 Å². The largest absolute Gasteiger partial charge is 0.491 e. The van der Waals surface area contributed by atoms with Crippen molar-refractivity contribution in [3.63, 3.8) is 0 Å². The lowest BCUT2D eigenvalue weighted by Crippen LogP contribution is -2.16. The Bertz CT molecular complexity index is 718. The summed E-state index contributed by atoms with van der Waals surface area (Å²) in [6.07, 6.45) is 2.22. The second-order valence-corrected chi connectivity index (χ2v) is 5.60. The van der Waals surface area contributed by atoms with E-state index in [4.69, 9.17) is 9.47 Å². The van der Waals surface area contributed by atoms with Crippen molar-refractivity contribution in [3.8, 4) is 5.75 Å². The van der Waals surface area contributed by atoms with Gasteiger partial charge >= 0.3 is 0 Å². The molecule has 0 aromatic heterocycles. The summed E-state index contributed by atoms with van der Waals surface area (Å²) < 4.78 is 11.2. The van der Waals surface area contributed by atoms with Gasteiger partial charge in [0.15, 0.2) is 5.78 Å².